The van der Waals surface area contributed by atoms with Crippen LogP contribution in [0.25, 0.3) is 5.69 Å². The van der Waals surface area contributed by atoms with Gasteiger partial charge in [-0.05, 0) is 36.8 Å². The van der Waals surface area contributed by atoms with Crippen molar-refractivity contribution < 1.29 is 14.0 Å². The molecular formula is C20H17FN4O3. The number of halogens is 1. The summed E-state index contributed by atoms with van der Waals surface area (Å²) in [6.07, 6.45) is 0. The average molecular weight is 380 g/mol. The van der Waals surface area contributed by atoms with Crippen molar-refractivity contribution in [3.05, 3.63) is 93.2 Å². The number of nitrogens with two attached hydrogens (primary N) is 1. The second-order valence-corrected chi connectivity index (χ2v) is 6.11. The van der Waals surface area contributed by atoms with Crippen molar-refractivity contribution in [3.8, 4) is 5.69 Å². The van der Waals surface area contributed by atoms with E-state index in [-0.39, 0.29) is 17.9 Å². The van der Waals surface area contributed by atoms with Crippen molar-refractivity contribution in [1.29, 1.82) is 0 Å². The number of para-hydroxylation sites is 1. The molecule has 0 atom stereocenters. The van der Waals surface area contributed by atoms with Gasteiger partial charge in [0.15, 0.2) is 5.69 Å². The summed E-state index contributed by atoms with van der Waals surface area (Å²) in [6, 6.07) is 13.6. The molecule has 0 radical (unpaired) electrons. The SMILES string of the molecule is Cc1cc(=O)c(C(=O)NCc2cccc(C(N)=O)c2)nn1-c1ccccc1F. The number of benzene rings is 2. The van der Waals surface area contributed by atoms with Crippen LogP contribution in [0.4, 0.5) is 4.39 Å². The number of hydrogen-bond donors (Lipinski definition) is 2. The molecule has 2 aromatic carbocycles. The van der Waals surface area contributed by atoms with Gasteiger partial charge in [-0.15, -0.1) is 0 Å². The molecule has 0 bridgehead atoms. The normalized spacial score (nSPS) is 10.5. The van der Waals surface area contributed by atoms with Gasteiger partial charge in [-0.2, -0.15) is 5.10 Å². The maximum atomic E-state index is 14.1. The number of nitrogens with one attached hydrogen (secondary N) is 1. The number of hydrogen-bond acceptors (Lipinski definition) is 4. The zero-order valence-corrected chi connectivity index (χ0v) is 15.0. The van der Waals surface area contributed by atoms with Gasteiger partial charge in [0.05, 0.1) is 0 Å². The molecule has 0 aliphatic rings. The van der Waals surface area contributed by atoms with Crippen molar-refractivity contribution in [1.82, 2.24) is 15.1 Å². The van der Waals surface area contributed by atoms with Gasteiger partial charge in [-0.3, -0.25) is 14.4 Å². The highest BCUT2D eigenvalue weighted by Gasteiger charge is 2.16. The summed E-state index contributed by atoms with van der Waals surface area (Å²) >= 11 is 0. The Bertz CT molecular complexity index is 1120. The third-order valence-corrected chi connectivity index (χ3v) is 4.07. The lowest BCUT2D eigenvalue weighted by Gasteiger charge is -2.12. The lowest BCUT2D eigenvalue weighted by Crippen LogP contribution is -2.31. The van der Waals surface area contributed by atoms with Crippen LogP contribution >= 0.6 is 0 Å². The number of rotatable bonds is 5. The maximum Gasteiger partial charge on any atom is 0.276 e. The molecule has 0 aliphatic carbocycles. The average Bonchev–Trinajstić information content (AvgIpc) is 2.67. The second kappa shape index (κ2) is 7.83. The van der Waals surface area contributed by atoms with Gasteiger partial charge in [0.2, 0.25) is 11.3 Å². The minimum atomic E-state index is -0.709. The maximum absolute atomic E-state index is 14.1. The number of amides is 2. The molecule has 142 valence electrons. The van der Waals surface area contributed by atoms with Crippen molar-refractivity contribution in [3.63, 3.8) is 0 Å². The van der Waals surface area contributed by atoms with E-state index in [0.29, 0.717) is 16.8 Å². The van der Waals surface area contributed by atoms with Crippen LogP contribution in [0.5, 0.6) is 0 Å². The Morgan fingerprint density at radius 2 is 1.89 bits per heavy atom. The standard InChI is InChI=1S/C20H17FN4O3/c1-12-9-17(26)18(24-25(12)16-8-3-2-7-15(16)21)20(28)23-11-13-5-4-6-14(10-13)19(22)27/h2-10H,11H2,1H3,(H2,22,27)(H,23,28). The molecule has 3 aromatic rings. The molecule has 28 heavy (non-hydrogen) atoms. The van der Waals surface area contributed by atoms with Gasteiger partial charge in [0, 0.05) is 23.9 Å². The molecule has 2 amide bonds. The molecule has 0 unspecified atom stereocenters. The first-order valence-corrected chi connectivity index (χ1v) is 8.39. The molecule has 1 heterocycles. The molecule has 3 N–H and O–H groups in total. The van der Waals surface area contributed by atoms with Crippen LogP contribution in [-0.4, -0.2) is 21.6 Å². The fraction of sp³-hybridized carbons (Fsp3) is 0.100. The van der Waals surface area contributed by atoms with Crippen LogP contribution in [0.15, 0.2) is 59.4 Å². The van der Waals surface area contributed by atoms with Crippen LogP contribution in [-0.2, 0) is 6.54 Å². The minimum Gasteiger partial charge on any atom is -0.366 e. The Morgan fingerprint density at radius 1 is 1.14 bits per heavy atom. The summed E-state index contributed by atoms with van der Waals surface area (Å²) < 4.78 is 15.3. The minimum absolute atomic E-state index is 0.0641. The number of aromatic nitrogens is 2. The zero-order chi connectivity index (χ0) is 20.3. The predicted molar refractivity (Wildman–Crippen MR) is 101 cm³/mol. The van der Waals surface area contributed by atoms with Gasteiger partial charge in [-0.1, -0.05) is 24.3 Å². The third kappa shape index (κ3) is 3.96. The fourth-order valence-electron chi connectivity index (χ4n) is 2.67. The van der Waals surface area contributed by atoms with E-state index in [4.69, 9.17) is 5.73 Å². The van der Waals surface area contributed by atoms with Gasteiger partial charge in [0.25, 0.3) is 5.91 Å². The quantitative estimate of drug-likeness (QED) is 0.703. The number of aryl methyl sites for hydroxylation is 1. The first-order valence-electron chi connectivity index (χ1n) is 8.39. The summed E-state index contributed by atoms with van der Waals surface area (Å²) in [5.74, 6) is -1.82. The number of carbonyl (C=O) groups is 2. The van der Waals surface area contributed by atoms with Crippen LogP contribution in [0.2, 0.25) is 0 Å². The van der Waals surface area contributed by atoms with E-state index >= 15 is 0 Å². The molecule has 0 spiro atoms. The van der Waals surface area contributed by atoms with Crippen molar-refractivity contribution >= 4 is 11.8 Å². The molecule has 8 heteroatoms. The monoisotopic (exact) mass is 380 g/mol. The van der Waals surface area contributed by atoms with Gasteiger partial charge in [-0.25, -0.2) is 9.07 Å². The van der Waals surface area contributed by atoms with Crippen LogP contribution in [0, 0.1) is 12.7 Å². The fourth-order valence-corrected chi connectivity index (χ4v) is 2.67. The molecule has 0 saturated carbocycles. The topological polar surface area (TPSA) is 107 Å². The van der Waals surface area contributed by atoms with Gasteiger partial charge in [0.1, 0.15) is 11.5 Å². The molecular weight excluding hydrogens is 363 g/mol. The summed E-state index contributed by atoms with van der Waals surface area (Å²) in [6.45, 7) is 1.66. The first-order chi connectivity index (χ1) is 13.4. The molecule has 7 nitrogen and oxygen atoms in total. The smallest absolute Gasteiger partial charge is 0.276 e. The van der Waals surface area contributed by atoms with E-state index in [9.17, 15) is 18.8 Å². The first kappa shape index (κ1) is 19.0. The van der Waals surface area contributed by atoms with E-state index in [1.54, 1.807) is 37.3 Å². The zero-order valence-electron chi connectivity index (χ0n) is 15.0. The molecule has 0 aliphatic heterocycles. The highest BCUT2D eigenvalue weighted by molar-refractivity contribution is 5.93. The van der Waals surface area contributed by atoms with E-state index in [2.05, 4.69) is 10.4 Å². The largest absolute Gasteiger partial charge is 0.366 e. The van der Waals surface area contributed by atoms with Gasteiger partial charge >= 0.3 is 0 Å². The van der Waals surface area contributed by atoms with Crippen LogP contribution in [0.1, 0.15) is 32.1 Å². The van der Waals surface area contributed by atoms with E-state index in [1.165, 1.54) is 28.9 Å². The lowest BCUT2D eigenvalue weighted by atomic mass is 10.1. The van der Waals surface area contributed by atoms with Crippen LogP contribution < -0.4 is 16.5 Å². The molecule has 1 aromatic heterocycles. The van der Waals surface area contributed by atoms with Gasteiger partial charge < -0.3 is 11.1 Å². The Balaban J connectivity index is 1.87. The van der Waals surface area contributed by atoms with E-state index in [0.717, 1.165) is 0 Å². The van der Waals surface area contributed by atoms with Crippen molar-refractivity contribution in [2.45, 2.75) is 13.5 Å². The number of primary amides is 1. The number of carbonyl (C=O) groups excluding carboxylic acids is 2. The van der Waals surface area contributed by atoms with Crippen molar-refractivity contribution in [2.24, 2.45) is 5.73 Å². The van der Waals surface area contributed by atoms with E-state index in [1.807, 2.05) is 0 Å². The highest BCUT2D eigenvalue weighted by Crippen LogP contribution is 2.13. The predicted octanol–water partition coefficient (Wildman–Crippen LogP) is 1.71. The highest BCUT2D eigenvalue weighted by atomic mass is 19.1. The Morgan fingerprint density at radius 3 is 2.61 bits per heavy atom. The Labute approximate surface area is 159 Å². The van der Waals surface area contributed by atoms with Crippen molar-refractivity contribution in [2.75, 3.05) is 0 Å². The summed E-state index contributed by atoms with van der Waals surface area (Å²) in [7, 11) is 0. The third-order valence-electron chi connectivity index (χ3n) is 4.07. The Hall–Kier alpha value is -3.81. The second-order valence-electron chi connectivity index (χ2n) is 6.11. The number of nitrogens with zero attached hydrogens (tertiary/aromatic N) is 2. The summed E-state index contributed by atoms with van der Waals surface area (Å²) in [5, 5.41) is 6.61. The van der Waals surface area contributed by atoms with Crippen LogP contribution in [0.3, 0.4) is 0 Å². The molecule has 0 saturated heterocycles. The summed E-state index contributed by atoms with van der Waals surface area (Å²) in [4.78, 5) is 35.9. The van der Waals surface area contributed by atoms with E-state index < -0.39 is 23.1 Å². The molecule has 3 rings (SSSR count). The lowest BCUT2D eigenvalue weighted by molar-refractivity contribution is 0.0942. The Kier molecular flexibility index (Phi) is 5.30. The molecule has 0 fully saturated rings. The summed E-state index contributed by atoms with van der Waals surface area (Å²) in [5.41, 5.74) is 5.76.